The van der Waals surface area contributed by atoms with Gasteiger partial charge in [-0.2, -0.15) is 9.97 Å². The second-order valence-corrected chi connectivity index (χ2v) is 6.97. The Hall–Kier alpha value is -2.84. The predicted molar refractivity (Wildman–Crippen MR) is 110 cm³/mol. The molecule has 9 heteroatoms. The summed E-state index contributed by atoms with van der Waals surface area (Å²) in [5.74, 6) is 0.0450. The van der Waals surface area contributed by atoms with Gasteiger partial charge in [-0.05, 0) is 18.2 Å². The summed E-state index contributed by atoms with van der Waals surface area (Å²) in [7, 11) is 2.93. The number of rotatable bonds is 4. The number of fused-ring (bicyclic) bond motifs is 1. The molecular weight excluding hydrogens is 399 g/mol. The van der Waals surface area contributed by atoms with E-state index >= 15 is 0 Å². The molecule has 152 valence electrons. The fraction of sp³-hybridized carbons (Fsp3) is 0.300. The summed E-state index contributed by atoms with van der Waals surface area (Å²) >= 11 is 6.57. The van der Waals surface area contributed by atoms with Gasteiger partial charge >= 0.3 is 6.01 Å². The molecule has 2 N–H and O–H groups in total. The molecule has 0 atom stereocenters. The van der Waals surface area contributed by atoms with Crippen LogP contribution >= 0.6 is 11.6 Å². The van der Waals surface area contributed by atoms with E-state index in [1.54, 1.807) is 6.07 Å². The van der Waals surface area contributed by atoms with Crippen molar-refractivity contribution in [3.8, 4) is 28.6 Å². The highest BCUT2D eigenvalue weighted by Gasteiger charge is 2.26. The third kappa shape index (κ3) is 3.38. The molecule has 1 saturated heterocycles. The first-order valence-electron chi connectivity index (χ1n) is 9.11. The minimum atomic E-state index is -0.618. The monoisotopic (exact) mass is 418 g/mol. The van der Waals surface area contributed by atoms with E-state index in [1.165, 1.54) is 32.4 Å². The molecule has 0 radical (unpaired) electrons. The summed E-state index contributed by atoms with van der Waals surface area (Å²) in [6.45, 7) is 3.15. The average molecular weight is 419 g/mol. The molecule has 1 aliphatic heterocycles. The smallest absolute Gasteiger partial charge is 0.318 e. The Bertz CT molecular complexity index is 1050. The second kappa shape index (κ2) is 7.88. The van der Waals surface area contributed by atoms with Gasteiger partial charge in [0.1, 0.15) is 22.9 Å². The van der Waals surface area contributed by atoms with Gasteiger partial charge in [-0.1, -0.05) is 17.7 Å². The van der Waals surface area contributed by atoms with Gasteiger partial charge < -0.3 is 24.8 Å². The summed E-state index contributed by atoms with van der Waals surface area (Å²) in [5, 5.41) is 14.5. The fourth-order valence-corrected chi connectivity index (χ4v) is 3.86. The number of hydrogen-bond acceptors (Lipinski definition) is 7. The summed E-state index contributed by atoms with van der Waals surface area (Å²) in [4.78, 5) is 11.1. The first-order valence-corrected chi connectivity index (χ1v) is 9.48. The number of phenolic OH excluding ortho intramolecular Hbond substituents is 1. The molecule has 0 amide bonds. The number of nitrogens with one attached hydrogen (secondary N) is 1. The molecule has 1 aromatic heterocycles. The maximum absolute atomic E-state index is 14.6. The van der Waals surface area contributed by atoms with Crippen LogP contribution in [0.25, 0.3) is 22.0 Å². The van der Waals surface area contributed by atoms with Gasteiger partial charge in [0.2, 0.25) is 0 Å². The van der Waals surface area contributed by atoms with Crippen LogP contribution in [0.3, 0.4) is 0 Å². The highest BCUT2D eigenvalue weighted by Crippen LogP contribution is 2.47. The van der Waals surface area contributed by atoms with Gasteiger partial charge in [-0.3, -0.25) is 0 Å². The predicted octanol–water partition coefficient (Wildman–Crippen LogP) is 3.22. The Morgan fingerprint density at radius 3 is 2.55 bits per heavy atom. The third-order valence-corrected chi connectivity index (χ3v) is 5.20. The summed E-state index contributed by atoms with van der Waals surface area (Å²) in [6, 6.07) is 5.91. The van der Waals surface area contributed by atoms with Crippen LogP contribution in [0.2, 0.25) is 5.02 Å². The van der Waals surface area contributed by atoms with Crippen LogP contribution in [0.4, 0.5) is 10.2 Å². The van der Waals surface area contributed by atoms with E-state index in [1.807, 2.05) is 0 Å². The largest absolute Gasteiger partial charge is 0.507 e. The number of ether oxygens (including phenoxy) is 2. The molecule has 2 heterocycles. The van der Waals surface area contributed by atoms with E-state index in [2.05, 4.69) is 20.2 Å². The van der Waals surface area contributed by atoms with E-state index in [9.17, 15) is 9.50 Å². The van der Waals surface area contributed by atoms with Gasteiger partial charge in [0.05, 0.1) is 30.4 Å². The summed E-state index contributed by atoms with van der Waals surface area (Å²) < 4.78 is 25.5. The molecule has 3 aromatic rings. The number of piperazine rings is 1. The Morgan fingerprint density at radius 2 is 1.90 bits per heavy atom. The number of aromatic hydroxyl groups is 1. The normalized spacial score (nSPS) is 14.3. The highest BCUT2D eigenvalue weighted by molar-refractivity contribution is 6.35. The molecular formula is C20H20ClFN4O3. The number of hydrogen-bond donors (Lipinski definition) is 2. The summed E-state index contributed by atoms with van der Waals surface area (Å²) in [6.07, 6.45) is 0. The van der Waals surface area contributed by atoms with E-state index in [0.29, 0.717) is 16.7 Å². The second-order valence-electron chi connectivity index (χ2n) is 6.57. The molecule has 4 rings (SSSR count). The minimum Gasteiger partial charge on any atom is -0.507 e. The molecule has 0 bridgehead atoms. The van der Waals surface area contributed by atoms with Crippen LogP contribution < -0.4 is 19.7 Å². The Morgan fingerprint density at radius 1 is 1.14 bits per heavy atom. The minimum absolute atomic E-state index is 0.0439. The van der Waals surface area contributed by atoms with Crippen LogP contribution in [0.5, 0.6) is 17.5 Å². The van der Waals surface area contributed by atoms with E-state index in [0.717, 1.165) is 26.2 Å². The Labute approximate surface area is 172 Å². The van der Waals surface area contributed by atoms with E-state index in [-0.39, 0.29) is 33.7 Å². The fourth-order valence-electron chi connectivity index (χ4n) is 3.57. The van der Waals surface area contributed by atoms with Crippen molar-refractivity contribution >= 4 is 28.3 Å². The quantitative estimate of drug-likeness (QED) is 0.673. The zero-order valence-corrected chi connectivity index (χ0v) is 16.8. The van der Waals surface area contributed by atoms with Gasteiger partial charge in [0.15, 0.2) is 5.75 Å². The van der Waals surface area contributed by atoms with Crippen LogP contribution in [0, 0.1) is 5.82 Å². The van der Waals surface area contributed by atoms with Crippen LogP contribution in [0.15, 0.2) is 24.3 Å². The number of nitrogens with zero attached hydrogens (tertiary/aromatic N) is 3. The van der Waals surface area contributed by atoms with Gasteiger partial charge in [0, 0.05) is 31.6 Å². The molecule has 1 fully saturated rings. The number of methoxy groups -OCH3 is 2. The van der Waals surface area contributed by atoms with Gasteiger partial charge in [-0.25, -0.2) is 4.39 Å². The molecule has 7 nitrogen and oxygen atoms in total. The summed E-state index contributed by atoms with van der Waals surface area (Å²) in [5.41, 5.74) is 0.608. The number of aromatic nitrogens is 2. The number of halogens is 2. The lowest BCUT2D eigenvalue weighted by Gasteiger charge is -2.29. The van der Waals surface area contributed by atoms with E-state index < -0.39 is 5.82 Å². The lowest BCUT2D eigenvalue weighted by Crippen LogP contribution is -2.44. The topological polar surface area (TPSA) is 79.7 Å². The van der Waals surface area contributed by atoms with Gasteiger partial charge in [-0.15, -0.1) is 0 Å². The van der Waals surface area contributed by atoms with Crippen molar-refractivity contribution in [1.82, 2.24) is 15.3 Å². The van der Waals surface area contributed by atoms with E-state index in [4.69, 9.17) is 21.1 Å². The van der Waals surface area contributed by atoms with Crippen molar-refractivity contribution in [1.29, 1.82) is 0 Å². The lowest BCUT2D eigenvalue weighted by atomic mass is 10.00. The first-order chi connectivity index (χ1) is 14.0. The van der Waals surface area contributed by atoms with Crippen LogP contribution in [-0.4, -0.2) is 55.5 Å². The van der Waals surface area contributed by atoms with Crippen LogP contribution in [0.1, 0.15) is 0 Å². The third-order valence-electron chi connectivity index (χ3n) is 4.90. The van der Waals surface area contributed by atoms with Gasteiger partial charge in [0.25, 0.3) is 0 Å². The number of benzene rings is 2. The van der Waals surface area contributed by atoms with Crippen LogP contribution in [-0.2, 0) is 0 Å². The molecule has 0 saturated carbocycles. The number of phenols is 1. The SMILES string of the molecule is COc1nc(N2CCNCC2)c2cc(Cl)c(-c3c(O)cccc3F)c(OC)c2n1. The van der Waals surface area contributed by atoms with Crippen molar-refractivity contribution < 1.29 is 19.0 Å². The van der Waals surface area contributed by atoms with Crippen molar-refractivity contribution in [3.63, 3.8) is 0 Å². The molecule has 0 spiro atoms. The number of anilines is 1. The Balaban J connectivity index is 2.05. The molecule has 2 aromatic carbocycles. The first kappa shape index (κ1) is 19.5. The Kier molecular flexibility index (Phi) is 5.29. The average Bonchev–Trinajstić information content (AvgIpc) is 2.73. The molecule has 0 unspecified atom stereocenters. The lowest BCUT2D eigenvalue weighted by molar-refractivity contribution is 0.379. The van der Waals surface area contributed by atoms with Crippen molar-refractivity contribution in [2.24, 2.45) is 0 Å². The molecule has 1 aliphatic rings. The van der Waals surface area contributed by atoms with Crippen molar-refractivity contribution in [2.45, 2.75) is 0 Å². The molecule has 0 aliphatic carbocycles. The van der Waals surface area contributed by atoms with Crippen molar-refractivity contribution in [3.05, 3.63) is 35.1 Å². The zero-order chi connectivity index (χ0) is 20.5. The zero-order valence-electron chi connectivity index (χ0n) is 16.0. The molecule has 29 heavy (non-hydrogen) atoms. The highest BCUT2D eigenvalue weighted by atomic mass is 35.5. The van der Waals surface area contributed by atoms with Crippen molar-refractivity contribution in [2.75, 3.05) is 45.3 Å². The maximum Gasteiger partial charge on any atom is 0.318 e. The maximum atomic E-state index is 14.6. The standard InChI is InChI=1S/C20H20ClFN4O3/c1-28-18-15(16-13(22)4-3-5-14(16)27)12(21)10-11-17(18)24-20(29-2)25-19(11)26-8-6-23-7-9-26/h3-5,10,23,27H,6-9H2,1-2H3.